The molecule has 0 aromatic heterocycles. The zero-order valence-corrected chi connectivity index (χ0v) is 15.1. The van der Waals surface area contributed by atoms with Crippen LogP contribution in [0.15, 0.2) is 44.4 Å². The molecule has 3 heteroatoms. The van der Waals surface area contributed by atoms with Crippen LogP contribution in [0, 0.1) is 11.8 Å². The second-order valence-corrected chi connectivity index (χ2v) is 8.74. The second kappa shape index (κ2) is 4.12. The Hall–Kier alpha value is -0.380. The van der Waals surface area contributed by atoms with Gasteiger partial charge >= 0.3 is 0 Å². The Bertz CT molecular complexity index is 729. The lowest BCUT2D eigenvalue weighted by Crippen LogP contribution is -2.30. The van der Waals surface area contributed by atoms with Gasteiger partial charge in [-0.3, -0.25) is 0 Å². The molecular formula is C18H16Br2O. The predicted molar refractivity (Wildman–Crippen MR) is 90.6 cm³/mol. The van der Waals surface area contributed by atoms with Crippen molar-refractivity contribution in [2.75, 3.05) is 0 Å². The number of rotatable bonds is 0. The molecule has 4 aliphatic rings. The van der Waals surface area contributed by atoms with Gasteiger partial charge in [0, 0.05) is 32.6 Å². The van der Waals surface area contributed by atoms with Crippen LogP contribution in [-0.4, -0.2) is 12.2 Å². The summed E-state index contributed by atoms with van der Waals surface area (Å²) in [5.41, 5.74) is 6.25. The summed E-state index contributed by atoms with van der Waals surface area (Å²) in [6.45, 7) is 4.56. The maximum Gasteiger partial charge on any atom is 0.0936 e. The van der Waals surface area contributed by atoms with E-state index in [2.05, 4.69) is 70.0 Å². The number of halogens is 2. The van der Waals surface area contributed by atoms with Gasteiger partial charge in [-0.2, -0.15) is 0 Å². The topological polar surface area (TPSA) is 9.23 Å². The van der Waals surface area contributed by atoms with Crippen molar-refractivity contribution >= 4 is 31.9 Å². The quantitative estimate of drug-likeness (QED) is 0.532. The fourth-order valence-electron chi connectivity index (χ4n) is 5.31. The second-order valence-electron chi connectivity index (χ2n) is 6.91. The maximum absolute atomic E-state index is 6.25. The molecule has 4 bridgehead atoms. The Balaban J connectivity index is 1.76. The number of ether oxygens (including phenoxy) is 1. The molecule has 0 radical (unpaired) electrons. The minimum atomic E-state index is 0.279. The van der Waals surface area contributed by atoms with E-state index < -0.39 is 0 Å². The summed E-state index contributed by atoms with van der Waals surface area (Å²) in [6, 6.07) is 6.85. The van der Waals surface area contributed by atoms with Crippen LogP contribution in [0.1, 0.15) is 36.8 Å². The Morgan fingerprint density at radius 2 is 1.81 bits per heavy atom. The van der Waals surface area contributed by atoms with E-state index in [4.69, 9.17) is 4.74 Å². The molecule has 6 atom stereocenters. The highest BCUT2D eigenvalue weighted by Gasteiger charge is 2.65. The molecule has 6 unspecified atom stereocenters. The van der Waals surface area contributed by atoms with Crippen LogP contribution in [0.5, 0.6) is 0 Å². The smallest absolute Gasteiger partial charge is 0.0936 e. The minimum Gasteiger partial charge on any atom is -0.365 e. The van der Waals surface area contributed by atoms with E-state index in [1.54, 1.807) is 5.57 Å². The van der Waals surface area contributed by atoms with Gasteiger partial charge in [-0.15, -0.1) is 0 Å². The van der Waals surface area contributed by atoms with E-state index in [0.29, 0.717) is 29.8 Å². The fourth-order valence-corrected chi connectivity index (χ4v) is 6.36. The van der Waals surface area contributed by atoms with Gasteiger partial charge in [-0.25, -0.2) is 0 Å². The van der Waals surface area contributed by atoms with Crippen molar-refractivity contribution in [3.05, 3.63) is 55.5 Å². The van der Waals surface area contributed by atoms with E-state index in [1.165, 1.54) is 25.7 Å². The van der Waals surface area contributed by atoms with Gasteiger partial charge in [0.15, 0.2) is 0 Å². The number of benzene rings is 1. The summed E-state index contributed by atoms with van der Waals surface area (Å²) in [4.78, 5) is 0. The minimum absolute atomic E-state index is 0.279. The fraction of sp³-hybridized carbons (Fsp3) is 0.444. The Morgan fingerprint density at radius 3 is 2.57 bits per heavy atom. The molecule has 1 aromatic rings. The molecule has 21 heavy (non-hydrogen) atoms. The normalized spacial score (nSPS) is 41.3. The van der Waals surface area contributed by atoms with Crippen LogP contribution in [0.25, 0.3) is 0 Å². The molecule has 108 valence electrons. The third-order valence-electron chi connectivity index (χ3n) is 5.81. The molecule has 2 aliphatic carbocycles. The summed E-state index contributed by atoms with van der Waals surface area (Å²) in [5, 5.41) is 0. The first-order valence-electron chi connectivity index (χ1n) is 7.57. The van der Waals surface area contributed by atoms with Crippen LogP contribution in [0.4, 0.5) is 0 Å². The highest BCUT2D eigenvalue weighted by Crippen LogP contribution is 2.70. The summed E-state index contributed by atoms with van der Waals surface area (Å²) < 4.78 is 8.71. The van der Waals surface area contributed by atoms with E-state index in [-0.39, 0.29) is 6.10 Å². The molecule has 2 heterocycles. The van der Waals surface area contributed by atoms with Crippen molar-refractivity contribution in [1.29, 1.82) is 0 Å². The van der Waals surface area contributed by atoms with Crippen LogP contribution in [-0.2, 0) is 4.74 Å². The zero-order chi connectivity index (χ0) is 14.5. The van der Waals surface area contributed by atoms with Crippen molar-refractivity contribution in [3.8, 4) is 0 Å². The highest BCUT2D eigenvalue weighted by atomic mass is 79.9. The van der Waals surface area contributed by atoms with Gasteiger partial charge in [0.05, 0.1) is 12.2 Å². The lowest BCUT2D eigenvalue weighted by molar-refractivity contribution is 0.0964. The monoisotopic (exact) mass is 406 g/mol. The van der Waals surface area contributed by atoms with Crippen LogP contribution in [0.3, 0.4) is 0 Å². The predicted octanol–water partition coefficient (Wildman–Crippen LogP) is 5.27. The Morgan fingerprint density at radius 1 is 1.05 bits per heavy atom. The van der Waals surface area contributed by atoms with Gasteiger partial charge in [-0.1, -0.05) is 49.1 Å². The molecule has 0 N–H and O–H groups in total. The lowest BCUT2D eigenvalue weighted by atomic mass is 9.71. The highest BCUT2D eigenvalue weighted by molar-refractivity contribution is 9.11. The van der Waals surface area contributed by atoms with Crippen molar-refractivity contribution < 1.29 is 4.74 Å². The number of hydrogen-bond acceptors (Lipinski definition) is 1. The van der Waals surface area contributed by atoms with Gasteiger partial charge in [0.2, 0.25) is 0 Å². The summed E-state index contributed by atoms with van der Waals surface area (Å²) in [5.74, 6) is 2.37. The average molecular weight is 408 g/mol. The number of fused-ring (bicyclic) bond motifs is 12. The molecular weight excluding hydrogens is 392 g/mol. The molecule has 1 aromatic carbocycles. The standard InChI is InChI=1S/C18H16Br2O/c1-7(2)13-14-9-4-3-8(19)5-10(9)15(13)16-12-6-11(20)18(21-12)17(14)16/h3-6,12,14-18H,1-2H3. The molecule has 1 nitrogen and oxygen atoms in total. The molecule has 2 fully saturated rings. The van der Waals surface area contributed by atoms with Crippen LogP contribution in [0.2, 0.25) is 0 Å². The maximum atomic E-state index is 6.25. The number of hydrogen-bond donors (Lipinski definition) is 0. The van der Waals surface area contributed by atoms with Gasteiger partial charge in [-0.05, 0) is 43.2 Å². The molecule has 0 amide bonds. The molecule has 0 spiro atoms. The molecule has 1 saturated carbocycles. The first-order valence-corrected chi connectivity index (χ1v) is 9.16. The van der Waals surface area contributed by atoms with E-state index >= 15 is 0 Å². The van der Waals surface area contributed by atoms with Crippen molar-refractivity contribution in [2.45, 2.75) is 37.9 Å². The largest absolute Gasteiger partial charge is 0.365 e. The van der Waals surface area contributed by atoms with E-state index in [0.717, 1.165) is 0 Å². The molecule has 5 rings (SSSR count). The first-order chi connectivity index (χ1) is 10.1. The Kier molecular flexibility index (Phi) is 2.57. The summed E-state index contributed by atoms with van der Waals surface area (Å²) >= 11 is 7.37. The van der Waals surface area contributed by atoms with Crippen molar-refractivity contribution in [3.63, 3.8) is 0 Å². The van der Waals surface area contributed by atoms with E-state index in [1.807, 2.05) is 0 Å². The zero-order valence-electron chi connectivity index (χ0n) is 11.9. The first kappa shape index (κ1) is 13.1. The van der Waals surface area contributed by atoms with E-state index in [9.17, 15) is 0 Å². The molecule has 2 aliphatic heterocycles. The Labute approximate surface area is 141 Å². The third-order valence-corrected chi connectivity index (χ3v) is 7.02. The summed E-state index contributed by atoms with van der Waals surface area (Å²) in [7, 11) is 0. The lowest BCUT2D eigenvalue weighted by Gasteiger charge is -2.31. The average Bonchev–Trinajstić information content (AvgIpc) is 3.11. The number of allylic oxidation sites excluding steroid dienone is 2. The SMILES string of the molecule is CC(C)=C1C2c3cc(Br)ccc3C1C1C3OC(C=C3Br)C21. The van der Waals surface area contributed by atoms with Crippen LogP contribution >= 0.6 is 31.9 Å². The van der Waals surface area contributed by atoms with Gasteiger partial charge in [0.25, 0.3) is 0 Å². The van der Waals surface area contributed by atoms with Crippen molar-refractivity contribution in [1.82, 2.24) is 0 Å². The summed E-state index contributed by atoms with van der Waals surface area (Å²) in [6.07, 6.45) is 2.87. The molecule has 1 saturated heterocycles. The van der Waals surface area contributed by atoms with Gasteiger partial charge in [0.1, 0.15) is 0 Å². The van der Waals surface area contributed by atoms with Crippen molar-refractivity contribution in [2.24, 2.45) is 11.8 Å². The van der Waals surface area contributed by atoms with Gasteiger partial charge < -0.3 is 4.74 Å². The third kappa shape index (κ3) is 1.46. The van der Waals surface area contributed by atoms with Crippen LogP contribution < -0.4 is 0 Å².